The minimum atomic E-state index is -3.60. The van der Waals surface area contributed by atoms with E-state index in [1.807, 2.05) is 4.90 Å². The Bertz CT molecular complexity index is 1060. The molecule has 1 aliphatic rings. The number of fused-ring (bicyclic) bond motifs is 1. The van der Waals surface area contributed by atoms with Crippen LogP contribution in [0.15, 0.2) is 28.2 Å². The van der Waals surface area contributed by atoms with E-state index in [1.165, 1.54) is 25.3 Å². The summed E-state index contributed by atoms with van der Waals surface area (Å²) in [4.78, 5) is 31.1. The number of non-ortho nitro benzene ring substituents is 1. The number of nitrogens with zero attached hydrogens (tertiary/aromatic N) is 3. The molecule has 0 fully saturated rings. The summed E-state index contributed by atoms with van der Waals surface area (Å²) < 4.78 is 28.5. The lowest BCUT2D eigenvalue weighted by molar-refractivity contribution is -0.385. The summed E-state index contributed by atoms with van der Waals surface area (Å²) in [7, 11) is -2.12. The number of rotatable bonds is 5. The zero-order valence-electron chi connectivity index (χ0n) is 14.8. The summed E-state index contributed by atoms with van der Waals surface area (Å²) in [6, 6.07) is 4.36. The largest absolute Gasteiger partial charge is 0.496 e. The van der Waals surface area contributed by atoms with E-state index < -0.39 is 20.3 Å². The standard InChI is InChI=1S/C16H18N4O6S/c1-26-14-4-3-11(20(22)23)7-10(14)8-19-6-5-13-12(9-19)15(21)18-16(17-13)27(2,24)25/h3-4,7H,5-6,8-9H2,1-2H3,(H,17,18,21). The molecule has 0 saturated carbocycles. The van der Waals surface area contributed by atoms with Crippen molar-refractivity contribution >= 4 is 15.5 Å². The molecule has 0 spiro atoms. The van der Waals surface area contributed by atoms with E-state index in [-0.39, 0.29) is 17.4 Å². The maximum Gasteiger partial charge on any atom is 0.270 e. The molecular formula is C16H18N4O6S. The second-order valence-corrected chi connectivity index (χ2v) is 8.21. The van der Waals surface area contributed by atoms with Crippen LogP contribution in [0.2, 0.25) is 0 Å². The van der Waals surface area contributed by atoms with Crippen LogP contribution >= 0.6 is 0 Å². The number of sulfone groups is 1. The Kier molecular flexibility index (Phi) is 4.98. The van der Waals surface area contributed by atoms with Crippen LogP contribution in [0.25, 0.3) is 0 Å². The minimum absolute atomic E-state index is 0.0412. The number of aromatic amines is 1. The highest BCUT2D eigenvalue weighted by atomic mass is 32.2. The first-order valence-electron chi connectivity index (χ1n) is 8.05. The maximum atomic E-state index is 12.3. The third-order valence-corrected chi connectivity index (χ3v) is 5.24. The molecule has 1 N–H and O–H groups in total. The summed E-state index contributed by atoms with van der Waals surface area (Å²) in [5.74, 6) is 0.519. The summed E-state index contributed by atoms with van der Waals surface area (Å²) in [5, 5.41) is 10.7. The molecule has 10 nitrogen and oxygen atoms in total. The molecule has 0 aliphatic carbocycles. The van der Waals surface area contributed by atoms with Gasteiger partial charge in [0.05, 0.1) is 23.3 Å². The van der Waals surface area contributed by atoms with Crippen LogP contribution in [0.4, 0.5) is 5.69 Å². The van der Waals surface area contributed by atoms with Gasteiger partial charge >= 0.3 is 0 Å². The number of benzene rings is 1. The molecule has 0 unspecified atom stereocenters. The quantitative estimate of drug-likeness (QED) is 0.443. The van der Waals surface area contributed by atoms with E-state index in [9.17, 15) is 23.3 Å². The number of nitro groups is 1. The van der Waals surface area contributed by atoms with Crippen LogP contribution in [-0.4, -0.2) is 48.1 Å². The zero-order chi connectivity index (χ0) is 19.8. The van der Waals surface area contributed by atoms with E-state index in [1.54, 1.807) is 0 Å². The average Bonchev–Trinajstić information content (AvgIpc) is 2.61. The van der Waals surface area contributed by atoms with E-state index >= 15 is 0 Å². The van der Waals surface area contributed by atoms with Gasteiger partial charge in [-0.2, -0.15) is 0 Å². The predicted octanol–water partition coefficient (Wildman–Crippen LogP) is 0.648. The van der Waals surface area contributed by atoms with Gasteiger partial charge in [0.2, 0.25) is 15.0 Å². The molecular weight excluding hydrogens is 376 g/mol. The number of hydrogen-bond acceptors (Lipinski definition) is 8. The van der Waals surface area contributed by atoms with Crippen LogP contribution in [-0.2, 0) is 29.3 Å². The molecule has 144 valence electrons. The smallest absolute Gasteiger partial charge is 0.270 e. The molecule has 11 heteroatoms. The van der Waals surface area contributed by atoms with Gasteiger partial charge in [-0.05, 0) is 6.07 Å². The first-order chi connectivity index (χ1) is 12.7. The number of ether oxygens (including phenoxy) is 1. The van der Waals surface area contributed by atoms with Crippen molar-refractivity contribution in [2.24, 2.45) is 0 Å². The summed E-state index contributed by atoms with van der Waals surface area (Å²) in [6.07, 6.45) is 1.39. The second-order valence-electron chi connectivity index (χ2n) is 6.28. The molecule has 1 aromatic heterocycles. The lowest BCUT2D eigenvalue weighted by Gasteiger charge is -2.28. The summed E-state index contributed by atoms with van der Waals surface area (Å²) >= 11 is 0. The van der Waals surface area contributed by atoms with Crippen molar-refractivity contribution in [1.82, 2.24) is 14.9 Å². The fraction of sp³-hybridized carbons (Fsp3) is 0.375. The van der Waals surface area contributed by atoms with Crippen molar-refractivity contribution in [3.63, 3.8) is 0 Å². The number of methoxy groups -OCH3 is 1. The van der Waals surface area contributed by atoms with E-state index in [0.717, 1.165) is 6.26 Å². The van der Waals surface area contributed by atoms with Crippen LogP contribution in [0, 0.1) is 10.1 Å². The molecule has 0 saturated heterocycles. The third kappa shape index (κ3) is 3.98. The van der Waals surface area contributed by atoms with E-state index in [0.29, 0.717) is 42.1 Å². The molecule has 27 heavy (non-hydrogen) atoms. The third-order valence-electron chi connectivity index (χ3n) is 4.35. The topological polar surface area (TPSA) is 135 Å². The molecule has 0 atom stereocenters. The summed E-state index contributed by atoms with van der Waals surface area (Å²) in [5.41, 5.74) is 0.962. The van der Waals surface area contributed by atoms with Crippen molar-refractivity contribution in [2.45, 2.75) is 24.7 Å². The fourth-order valence-electron chi connectivity index (χ4n) is 3.01. The van der Waals surface area contributed by atoms with Gasteiger partial charge < -0.3 is 4.74 Å². The Morgan fingerprint density at radius 3 is 2.78 bits per heavy atom. The number of H-pyrrole nitrogens is 1. The molecule has 0 radical (unpaired) electrons. The van der Waals surface area contributed by atoms with Crippen LogP contribution < -0.4 is 10.3 Å². The highest BCUT2D eigenvalue weighted by Gasteiger charge is 2.24. The van der Waals surface area contributed by atoms with Crippen LogP contribution in [0.3, 0.4) is 0 Å². The highest BCUT2D eigenvalue weighted by molar-refractivity contribution is 7.90. The van der Waals surface area contributed by atoms with E-state index in [4.69, 9.17) is 4.74 Å². The molecule has 1 aliphatic heterocycles. The van der Waals surface area contributed by atoms with Gasteiger partial charge in [0.15, 0.2) is 0 Å². The Morgan fingerprint density at radius 1 is 1.41 bits per heavy atom. The molecule has 2 heterocycles. The fourth-order valence-corrected chi connectivity index (χ4v) is 3.57. The number of aromatic nitrogens is 2. The Hall–Kier alpha value is -2.79. The Balaban J connectivity index is 1.88. The SMILES string of the molecule is COc1ccc([N+](=O)[O-])cc1CN1CCc2nc(S(C)(=O)=O)[nH]c(=O)c2C1. The van der Waals surface area contributed by atoms with Gasteiger partial charge in [-0.15, -0.1) is 0 Å². The number of nitrogens with one attached hydrogen (secondary N) is 1. The first kappa shape index (κ1) is 19.0. The van der Waals surface area contributed by atoms with Crippen molar-refractivity contribution < 1.29 is 18.1 Å². The lowest BCUT2D eigenvalue weighted by Crippen LogP contribution is -2.36. The molecule has 0 amide bonds. The number of nitro benzene ring substituents is 1. The molecule has 2 aromatic rings. The van der Waals surface area contributed by atoms with E-state index in [2.05, 4.69) is 9.97 Å². The molecule has 3 rings (SSSR count). The normalized spacial score (nSPS) is 14.6. The van der Waals surface area contributed by atoms with Gasteiger partial charge in [-0.25, -0.2) is 13.4 Å². The van der Waals surface area contributed by atoms with Gasteiger partial charge in [0.25, 0.3) is 11.2 Å². The lowest BCUT2D eigenvalue weighted by atomic mass is 10.1. The van der Waals surface area contributed by atoms with Gasteiger partial charge in [-0.1, -0.05) is 0 Å². The van der Waals surface area contributed by atoms with Gasteiger partial charge in [0, 0.05) is 50.0 Å². The van der Waals surface area contributed by atoms with Crippen molar-refractivity contribution in [3.8, 4) is 5.75 Å². The summed E-state index contributed by atoms with van der Waals surface area (Å²) in [6.45, 7) is 1.13. The Morgan fingerprint density at radius 2 is 2.15 bits per heavy atom. The second kappa shape index (κ2) is 7.08. The first-order valence-corrected chi connectivity index (χ1v) is 9.94. The zero-order valence-corrected chi connectivity index (χ0v) is 15.6. The van der Waals surface area contributed by atoms with Crippen LogP contribution in [0.5, 0.6) is 5.75 Å². The highest BCUT2D eigenvalue weighted by Crippen LogP contribution is 2.27. The van der Waals surface area contributed by atoms with Crippen LogP contribution in [0.1, 0.15) is 16.8 Å². The van der Waals surface area contributed by atoms with Gasteiger partial charge in [-0.3, -0.25) is 24.8 Å². The van der Waals surface area contributed by atoms with Gasteiger partial charge in [0.1, 0.15) is 5.75 Å². The average molecular weight is 394 g/mol. The van der Waals surface area contributed by atoms with Crippen molar-refractivity contribution in [2.75, 3.05) is 19.9 Å². The minimum Gasteiger partial charge on any atom is -0.496 e. The maximum absolute atomic E-state index is 12.3. The predicted molar refractivity (Wildman–Crippen MR) is 95.4 cm³/mol. The monoisotopic (exact) mass is 394 g/mol. The molecule has 1 aromatic carbocycles. The number of hydrogen-bond donors (Lipinski definition) is 1. The van der Waals surface area contributed by atoms with Crippen molar-refractivity contribution in [3.05, 3.63) is 55.5 Å². The van der Waals surface area contributed by atoms with Crippen molar-refractivity contribution in [1.29, 1.82) is 0 Å². The molecule has 0 bridgehead atoms. The Labute approximate surface area is 154 Å².